The molecule has 0 aliphatic carbocycles. The van der Waals surface area contributed by atoms with E-state index in [1.54, 1.807) is 24.3 Å². The Hall–Kier alpha value is -3.93. The maximum absolute atomic E-state index is 12.6. The lowest BCUT2D eigenvalue weighted by Gasteiger charge is -2.07. The minimum Gasteiger partial charge on any atom is -0.457 e. The highest BCUT2D eigenvalue weighted by Crippen LogP contribution is 2.22. The summed E-state index contributed by atoms with van der Waals surface area (Å²) in [4.78, 5) is 12.6. The van der Waals surface area contributed by atoms with Crippen LogP contribution in [0, 0.1) is 0 Å². The molecule has 1 N–H and O–H groups in total. The van der Waals surface area contributed by atoms with Gasteiger partial charge in [-0.2, -0.15) is 0 Å². The number of rotatable bonds is 7. The van der Waals surface area contributed by atoms with Gasteiger partial charge in [0, 0.05) is 5.56 Å². The molecule has 0 atom stereocenters. The molecule has 0 fully saturated rings. The third-order valence-electron chi connectivity index (χ3n) is 4.76. The fourth-order valence-electron chi connectivity index (χ4n) is 3.07. The van der Waals surface area contributed by atoms with Gasteiger partial charge in [0.25, 0.3) is 5.91 Å². The van der Waals surface area contributed by atoms with Crippen LogP contribution in [0.15, 0.2) is 83.3 Å². The van der Waals surface area contributed by atoms with E-state index in [0.717, 1.165) is 5.56 Å². The predicted molar refractivity (Wildman–Crippen MR) is 119 cm³/mol. The molecular formula is C25H23N3O3. The lowest BCUT2D eigenvalue weighted by molar-refractivity contribution is 0.102. The Balaban J connectivity index is 1.39. The minimum atomic E-state index is -0.352. The number of para-hydroxylation sites is 1. The van der Waals surface area contributed by atoms with Gasteiger partial charge >= 0.3 is 6.01 Å². The van der Waals surface area contributed by atoms with Crippen molar-refractivity contribution in [3.05, 3.63) is 101 Å². The molecule has 4 rings (SSSR count). The third kappa shape index (κ3) is 5.36. The van der Waals surface area contributed by atoms with Gasteiger partial charge in [-0.15, -0.1) is 5.10 Å². The van der Waals surface area contributed by atoms with Crippen molar-refractivity contribution in [3.63, 3.8) is 0 Å². The number of aromatic nitrogens is 2. The number of hydrogen-bond donors (Lipinski definition) is 1. The van der Waals surface area contributed by atoms with Crippen molar-refractivity contribution in [1.82, 2.24) is 10.2 Å². The molecule has 0 saturated carbocycles. The van der Waals surface area contributed by atoms with E-state index in [0.29, 0.717) is 35.3 Å². The van der Waals surface area contributed by atoms with Gasteiger partial charge in [-0.3, -0.25) is 10.1 Å². The summed E-state index contributed by atoms with van der Waals surface area (Å²) in [5, 5.41) is 10.6. The highest BCUT2D eigenvalue weighted by atomic mass is 16.5. The first-order valence-corrected chi connectivity index (χ1v) is 10.1. The lowest BCUT2D eigenvalue weighted by atomic mass is 10.0. The molecular weight excluding hydrogens is 390 g/mol. The number of nitrogens with one attached hydrogen (secondary N) is 1. The molecule has 0 unspecified atom stereocenters. The van der Waals surface area contributed by atoms with Crippen molar-refractivity contribution in [2.45, 2.75) is 26.2 Å². The fourth-order valence-corrected chi connectivity index (χ4v) is 3.07. The van der Waals surface area contributed by atoms with Crippen LogP contribution in [0.3, 0.4) is 0 Å². The van der Waals surface area contributed by atoms with Crippen molar-refractivity contribution in [2.75, 3.05) is 5.32 Å². The Morgan fingerprint density at radius 3 is 2.42 bits per heavy atom. The Labute approximate surface area is 180 Å². The molecule has 3 aromatic carbocycles. The fraction of sp³-hybridized carbons (Fsp3) is 0.160. The van der Waals surface area contributed by atoms with Crippen LogP contribution in [0.4, 0.5) is 6.01 Å². The standard InChI is InChI=1S/C25H23N3O3/c1-17(2)19-13-11-18(12-14-19)15-23-27-28-25(31-23)26-24(29)20-7-6-10-22(16-20)30-21-8-4-3-5-9-21/h3-14,16-17H,15H2,1-2H3,(H,26,28,29). The number of nitrogens with zero attached hydrogens (tertiary/aromatic N) is 2. The van der Waals surface area contributed by atoms with Crippen LogP contribution < -0.4 is 10.1 Å². The van der Waals surface area contributed by atoms with E-state index in [2.05, 4.69) is 53.6 Å². The summed E-state index contributed by atoms with van der Waals surface area (Å²) in [6.45, 7) is 4.32. The van der Waals surface area contributed by atoms with E-state index in [9.17, 15) is 4.79 Å². The average Bonchev–Trinajstić information content (AvgIpc) is 3.21. The van der Waals surface area contributed by atoms with Crippen molar-refractivity contribution < 1.29 is 13.9 Å². The number of anilines is 1. The third-order valence-corrected chi connectivity index (χ3v) is 4.76. The highest BCUT2D eigenvalue weighted by molar-refractivity contribution is 6.03. The van der Waals surface area contributed by atoms with Gasteiger partial charge in [0.2, 0.25) is 5.89 Å². The number of hydrogen-bond acceptors (Lipinski definition) is 5. The molecule has 1 aromatic heterocycles. The molecule has 0 radical (unpaired) electrons. The van der Waals surface area contributed by atoms with Gasteiger partial charge in [-0.05, 0) is 47.4 Å². The maximum Gasteiger partial charge on any atom is 0.322 e. The highest BCUT2D eigenvalue weighted by Gasteiger charge is 2.13. The molecule has 156 valence electrons. The Bertz CT molecular complexity index is 1150. The van der Waals surface area contributed by atoms with E-state index >= 15 is 0 Å². The van der Waals surface area contributed by atoms with E-state index in [-0.39, 0.29) is 11.9 Å². The zero-order valence-corrected chi connectivity index (χ0v) is 17.4. The second-order valence-electron chi connectivity index (χ2n) is 7.47. The van der Waals surface area contributed by atoms with Gasteiger partial charge < -0.3 is 9.15 Å². The molecule has 0 bridgehead atoms. The molecule has 1 heterocycles. The van der Waals surface area contributed by atoms with Crippen molar-refractivity contribution in [2.24, 2.45) is 0 Å². The Morgan fingerprint density at radius 2 is 1.68 bits per heavy atom. The predicted octanol–water partition coefficient (Wildman–Crippen LogP) is 5.83. The van der Waals surface area contributed by atoms with E-state index in [4.69, 9.17) is 9.15 Å². The average molecular weight is 413 g/mol. The topological polar surface area (TPSA) is 77.2 Å². The molecule has 6 heteroatoms. The molecule has 31 heavy (non-hydrogen) atoms. The summed E-state index contributed by atoms with van der Waals surface area (Å²) in [5.74, 6) is 1.83. The summed E-state index contributed by atoms with van der Waals surface area (Å²) >= 11 is 0. The molecule has 0 spiro atoms. The largest absolute Gasteiger partial charge is 0.457 e. The second-order valence-corrected chi connectivity index (χ2v) is 7.47. The number of carbonyl (C=O) groups is 1. The van der Waals surface area contributed by atoms with E-state index in [1.807, 2.05) is 30.3 Å². The first-order valence-electron chi connectivity index (χ1n) is 10.1. The van der Waals surface area contributed by atoms with Crippen LogP contribution >= 0.6 is 0 Å². The smallest absolute Gasteiger partial charge is 0.322 e. The number of ether oxygens (including phenoxy) is 1. The van der Waals surface area contributed by atoms with Crippen LogP contribution in [0.2, 0.25) is 0 Å². The normalized spacial score (nSPS) is 10.8. The van der Waals surface area contributed by atoms with Gasteiger partial charge in [-0.1, -0.05) is 67.5 Å². The molecule has 0 aliphatic heterocycles. The number of carbonyl (C=O) groups excluding carboxylic acids is 1. The van der Waals surface area contributed by atoms with Crippen LogP contribution in [-0.2, 0) is 6.42 Å². The maximum atomic E-state index is 12.6. The summed E-state index contributed by atoms with van der Waals surface area (Å²) in [7, 11) is 0. The number of amides is 1. The van der Waals surface area contributed by atoms with Crippen molar-refractivity contribution in [3.8, 4) is 11.5 Å². The molecule has 6 nitrogen and oxygen atoms in total. The molecule has 1 amide bonds. The Kier molecular flexibility index (Phi) is 6.08. The van der Waals surface area contributed by atoms with Gasteiger partial charge in [0.15, 0.2) is 0 Å². The van der Waals surface area contributed by atoms with Gasteiger partial charge in [-0.25, -0.2) is 0 Å². The van der Waals surface area contributed by atoms with Crippen LogP contribution in [0.1, 0.15) is 47.1 Å². The minimum absolute atomic E-state index is 0.0631. The number of benzene rings is 3. The quantitative estimate of drug-likeness (QED) is 0.412. The molecule has 0 aliphatic rings. The summed E-state index contributed by atoms with van der Waals surface area (Å²) in [5.41, 5.74) is 2.77. The van der Waals surface area contributed by atoms with Crippen molar-refractivity contribution in [1.29, 1.82) is 0 Å². The van der Waals surface area contributed by atoms with E-state index < -0.39 is 0 Å². The SMILES string of the molecule is CC(C)c1ccc(Cc2nnc(NC(=O)c3cccc(Oc4ccccc4)c3)o2)cc1. The van der Waals surface area contributed by atoms with Gasteiger partial charge in [0.1, 0.15) is 11.5 Å². The van der Waals surface area contributed by atoms with E-state index in [1.165, 1.54) is 5.56 Å². The van der Waals surface area contributed by atoms with Crippen LogP contribution in [-0.4, -0.2) is 16.1 Å². The summed E-state index contributed by atoms with van der Waals surface area (Å²) in [6, 6.07) is 24.7. The van der Waals surface area contributed by atoms with Crippen LogP contribution in [0.25, 0.3) is 0 Å². The first-order chi connectivity index (χ1) is 15.1. The van der Waals surface area contributed by atoms with Crippen molar-refractivity contribution >= 4 is 11.9 Å². The zero-order valence-electron chi connectivity index (χ0n) is 17.4. The van der Waals surface area contributed by atoms with Crippen LogP contribution in [0.5, 0.6) is 11.5 Å². The second kappa shape index (κ2) is 9.26. The summed E-state index contributed by atoms with van der Waals surface area (Å²) in [6.07, 6.45) is 0.502. The molecule has 4 aromatic rings. The monoisotopic (exact) mass is 413 g/mol. The lowest BCUT2D eigenvalue weighted by Crippen LogP contribution is -2.12. The van der Waals surface area contributed by atoms with Gasteiger partial charge in [0.05, 0.1) is 6.42 Å². The first kappa shape index (κ1) is 20.3. The molecule has 0 saturated heterocycles. The zero-order chi connectivity index (χ0) is 21.6. The summed E-state index contributed by atoms with van der Waals surface area (Å²) < 4.78 is 11.4. The Morgan fingerprint density at radius 1 is 0.935 bits per heavy atom.